The Morgan fingerprint density at radius 2 is 1.59 bits per heavy atom. The molecule has 82 valence electrons. The minimum Gasteiger partial charge on any atom is -0.0843 e. The van der Waals surface area contributed by atoms with E-state index in [9.17, 15) is 0 Å². The molecule has 0 saturated heterocycles. The van der Waals surface area contributed by atoms with Gasteiger partial charge in [0.2, 0.25) is 0 Å². The van der Waals surface area contributed by atoms with Crippen molar-refractivity contribution >= 4 is 29.3 Å². The van der Waals surface area contributed by atoms with Gasteiger partial charge in [0.15, 0.2) is 0 Å². The van der Waals surface area contributed by atoms with Crippen LogP contribution in [0, 0.1) is 0 Å². The van der Waals surface area contributed by atoms with Gasteiger partial charge in [-0.25, -0.2) is 0 Å². The average molecular weight is 239 g/mol. The van der Waals surface area contributed by atoms with E-state index in [0.29, 0.717) is 0 Å². The van der Waals surface area contributed by atoms with Crippen LogP contribution in [-0.2, 0) is 0 Å². The number of allylic oxidation sites excluding steroid dienone is 2. The van der Waals surface area contributed by atoms with Crippen LogP contribution in [0.3, 0.4) is 0 Å². The summed E-state index contributed by atoms with van der Waals surface area (Å²) in [5.74, 6) is 0. The van der Waals surface area contributed by atoms with Gasteiger partial charge in [0, 0.05) is 5.02 Å². The Hall–Kier alpha value is -1.79. The van der Waals surface area contributed by atoms with Gasteiger partial charge in [-0.3, -0.25) is 0 Å². The van der Waals surface area contributed by atoms with Gasteiger partial charge in [-0.2, -0.15) is 0 Å². The van der Waals surface area contributed by atoms with Gasteiger partial charge in [0.25, 0.3) is 0 Å². The summed E-state index contributed by atoms with van der Waals surface area (Å²) in [6.07, 6.45) is 6.48. The molecule has 0 radical (unpaired) electrons. The van der Waals surface area contributed by atoms with Crippen molar-refractivity contribution < 1.29 is 0 Å². The molecular weight excluding hydrogens is 228 g/mol. The molecule has 0 fully saturated rings. The molecule has 0 bridgehead atoms. The van der Waals surface area contributed by atoms with E-state index in [1.165, 1.54) is 22.3 Å². The molecule has 0 heterocycles. The largest absolute Gasteiger partial charge is 0.0843 e. The van der Waals surface area contributed by atoms with Crippen molar-refractivity contribution in [1.82, 2.24) is 0 Å². The second-order valence-corrected chi connectivity index (χ2v) is 4.51. The van der Waals surface area contributed by atoms with E-state index in [4.69, 9.17) is 11.6 Å². The van der Waals surface area contributed by atoms with Gasteiger partial charge >= 0.3 is 0 Å². The molecule has 1 aliphatic rings. The summed E-state index contributed by atoms with van der Waals surface area (Å²) in [5, 5.41) is 0.773. The van der Waals surface area contributed by atoms with Crippen LogP contribution in [0.2, 0.25) is 5.02 Å². The molecule has 0 N–H and O–H groups in total. The minimum atomic E-state index is 0.773. The highest BCUT2D eigenvalue weighted by atomic mass is 35.5. The summed E-state index contributed by atoms with van der Waals surface area (Å²) >= 11 is 5.87. The highest BCUT2D eigenvalue weighted by Gasteiger charge is 2.08. The lowest BCUT2D eigenvalue weighted by Gasteiger charge is -2.01. The zero-order chi connectivity index (χ0) is 11.7. The number of rotatable bonds is 1. The molecule has 3 rings (SSSR count). The van der Waals surface area contributed by atoms with Gasteiger partial charge in [-0.05, 0) is 40.5 Å². The molecule has 2 aromatic carbocycles. The molecule has 0 saturated carbocycles. The molecule has 0 aromatic heterocycles. The summed E-state index contributed by atoms with van der Waals surface area (Å²) in [4.78, 5) is 0. The van der Waals surface area contributed by atoms with Crippen LogP contribution in [0.15, 0.2) is 54.6 Å². The third kappa shape index (κ3) is 2.04. The Kier molecular flexibility index (Phi) is 2.58. The van der Waals surface area contributed by atoms with Crippen LogP contribution < -0.4 is 0 Å². The summed E-state index contributed by atoms with van der Waals surface area (Å²) < 4.78 is 0. The monoisotopic (exact) mass is 238 g/mol. The first-order valence-corrected chi connectivity index (χ1v) is 5.95. The third-order valence-electron chi connectivity index (χ3n) is 2.91. The summed E-state index contributed by atoms with van der Waals surface area (Å²) in [7, 11) is 0. The van der Waals surface area contributed by atoms with Crippen molar-refractivity contribution in [3.63, 3.8) is 0 Å². The zero-order valence-electron chi connectivity index (χ0n) is 9.23. The zero-order valence-corrected chi connectivity index (χ0v) is 9.98. The quantitative estimate of drug-likeness (QED) is 0.662. The summed E-state index contributed by atoms with van der Waals surface area (Å²) in [5.41, 5.74) is 5.00. The van der Waals surface area contributed by atoms with Crippen molar-refractivity contribution in [2.75, 3.05) is 0 Å². The standard InChI is InChI=1S/C16H11Cl/c17-15-9-5-12(6-10-15)11-14-8-7-13-3-1-2-4-16(13)14/h1-11H. The number of benzene rings is 2. The van der Waals surface area contributed by atoms with Crippen LogP contribution in [0.25, 0.3) is 17.7 Å². The maximum Gasteiger partial charge on any atom is 0.0406 e. The van der Waals surface area contributed by atoms with Crippen LogP contribution >= 0.6 is 11.6 Å². The second kappa shape index (κ2) is 4.23. The van der Waals surface area contributed by atoms with E-state index in [1.54, 1.807) is 0 Å². The highest BCUT2D eigenvalue weighted by molar-refractivity contribution is 6.30. The molecule has 0 unspecified atom stereocenters. The average Bonchev–Trinajstić information content (AvgIpc) is 2.76. The molecule has 0 nitrogen and oxygen atoms in total. The maximum absolute atomic E-state index is 5.87. The fourth-order valence-electron chi connectivity index (χ4n) is 2.04. The minimum absolute atomic E-state index is 0.773. The van der Waals surface area contributed by atoms with Gasteiger partial charge in [0.1, 0.15) is 0 Å². The van der Waals surface area contributed by atoms with Crippen molar-refractivity contribution in [2.45, 2.75) is 0 Å². The van der Waals surface area contributed by atoms with Crippen LogP contribution in [0.5, 0.6) is 0 Å². The van der Waals surface area contributed by atoms with Gasteiger partial charge in [-0.1, -0.05) is 60.2 Å². The Morgan fingerprint density at radius 3 is 2.41 bits per heavy atom. The molecular formula is C16H11Cl. The van der Waals surface area contributed by atoms with Gasteiger partial charge in [-0.15, -0.1) is 0 Å². The normalized spacial score (nSPS) is 15.2. The maximum atomic E-state index is 5.87. The molecule has 1 heteroatoms. The smallest absolute Gasteiger partial charge is 0.0406 e. The predicted octanol–water partition coefficient (Wildman–Crippen LogP) is 4.91. The molecule has 0 amide bonds. The van der Waals surface area contributed by atoms with Crippen molar-refractivity contribution in [3.05, 3.63) is 76.3 Å². The van der Waals surface area contributed by atoms with Gasteiger partial charge in [0.05, 0.1) is 0 Å². The van der Waals surface area contributed by atoms with E-state index in [0.717, 1.165) is 5.02 Å². The van der Waals surface area contributed by atoms with Crippen LogP contribution in [0.4, 0.5) is 0 Å². The molecule has 1 aliphatic carbocycles. The first-order valence-electron chi connectivity index (χ1n) is 5.58. The van der Waals surface area contributed by atoms with Crippen LogP contribution in [-0.4, -0.2) is 0 Å². The van der Waals surface area contributed by atoms with E-state index in [-0.39, 0.29) is 0 Å². The van der Waals surface area contributed by atoms with Crippen molar-refractivity contribution in [2.24, 2.45) is 0 Å². The van der Waals surface area contributed by atoms with Gasteiger partial charge < -0.3 is 0 Å². The molecule has 17 heavy (non-hydrogen) atoms. The highest BCUT2D eigenvalue weighted by Crippen LogP contribution is 2.30. The lowest BCUT2D eigenvalue weighted by molar-refractivity contribution is 1.61. The Balaban J connectivity index is 2.02. The van der Waals surface area contributed by atoms with Crippen LogP contribution in [0.1, 0.15) is 16.7 Å². The van der Waals surface area contributed by atoms with E-state index >= 15 is 0 Å². The Labute approximate surface area is 106 Å². The topological polar surface area (TPSA) is 0 Å². The summed E-state index contributed by atoms with van der Waals surface area (Å²) in [6, 6.07) is 16.3. The Bertz CT molecular complexity index is 604. The first kappa shape index (κ1) is 10.4. The lowest BCUT2D eigenvalue weighted by Crippen LogP contribution is -1.80. The molecule has 2 aromatic rings. The van der Waals surface area contributed by atoms with Crippen molar-refractivity contribution in [1.29, 1.82) is 0 Å². The lowest BCUT2D eigenvalue weighted by atomic mass is 10.0. The number of halogens is 1. The number of fused-ring (bicyclic) bond motifs is 1. The number of hydrogen-bond acceptors (Lipinski definition) is 0. The second-order valence-electron chi connectivity index (χ2n) is 4.07. The first-order chi connectivity index (χ1) is 8.33. The third-order valence-corrected chi connectivity index (χ3v) is 3.16. The molecule has 0 spiro atoms. The predicted molar refractivity (Wildman–Crippen MR) is 74.8 cm³/mol. The molecule has 0 aliphatic heterocycles. The van der Waals surface area contributed by atoms with E-state index in [2.05, 4.69) is 42.5 Å². The fourth-order valence-corrected chi connectivity index (χ4v) is 2.16. The van der Waals surface area contributed by atoms with E-state index < -0.39 is 0 Å². The van der Waals surface area contributed by atoms with Crippen molar-refractivity contribution in [3.8, 4) is 0 Å². The fraction of sp³-hybridized carbons (Fsp3) is 0. The number of hydrogen-bond donors (Lipinski definition) is 0. The SMILES string of the molecule is Clc1ccc(C=C2C=Cc3ccccc32)cc1. The Morgan fingerprint density at radius 1 is 0.824 bits per heavy atom. The summed E-state index contributed by atoms with van der Waals surface area (Å²) in [6.45, 7) is 0. The van der Waals surface area contributed by atoms with E-state index in [1.807, 2.05) is 24.3 Å². The molecule has 0 atom stereocenters.